The molecular formula is C6H5F9O. The zero-order valence-electron chi connectivity index (χ0n) is 7.52. The van der Waals surface area contributed by atoms with Gasteiger partial charge in [-0.1, -0.05) is 0 Å². The second kappa shape index (κ2) is 3.97. The third-order valence-corrected chi connectivity index (χ3v) is 1.25. The van der Waals surface area contributed by atoms with Crippen LogP contribution in [0.5, 0.6) is 0 Å². The summed E-state index contributed by atoms with van der Waals surface area (Å²) in [4.78, 5) is 0. The van der Waals surface area contributed by atoms with Crippen LogP contribution in [0, 0.1) is 0 Å². The normalized spacial score (nSPS) is 18.4. The molecule has 0 bridgehead atoms. The number of hydrogen-bond acceptors (Lipinski definition) is 1. The number of rotatable bonds is 3. The maximum Gasteiger partial charge on any atom is 0.448 e. The molecule has 1 atom stereocenters. The third-order valence-electron chi connectivity index (χ3n) is 1.25. The smallest absolute Gasteiger partial charge is 0.274 e. The molecular weight excluding hydrogens is 259 g/mol. The lowest BCUT2D eigenvalue weighted by atomic mass is 10.3. The van der Waals surface area contributed by atoms with E-state index in [4.69, 9.17) is 0 Å². The molecule has 0 N–H and O–H groups in total. The average Bonchev–Trinajstić information content (AvgIpc) is 1.72. The minimum atomic E-state index is -5.86. The lowest BCUT2D eigenvalue weighted by Crippen LogP contribution is -2.46. The molecule has 0 aromatic rings. The first-order valence-electron chi connectivity index (χ1n) is 3.57. The van der Waals surface area contributed by atoms with Crippen molar-refractivity contribution in [3.63, 3.8) is 0 Å². The Morgan fingerprint density at radius 3 is 1.44 bits per heavy atom. The first-order valence-corrected chi connectivity index (χ1v) is 3.57. The van der Waals surface area contributed by atoms with E-state index in [1.165, 1.54) is 0 Å². The van der Waals surface area contributed by atoms with Gasteiger partial charge in [0.15, 0.2) is 0 Å². The van der Waals surface area contributed by atoms with Crippen LogP contribution in [-0.2, 0) is 4.74 Å². The summed E-state index contributed by atoms with van der Waals surface area (Å²) in [5, 5.41) is 0. The molecule has 10 heteroatoms. The zero-order valence-corrected chi connectivity index (χ0v) is 7.52. The monoisotopic (exact) mass is 264 g/mol. The Hall–Kier alpha value is -0.670. The molecule has 0 aromatic carbocycles. The molecule has 0 rings (SSSR count). The SMILES string of the molecule is CC(F)(OC(F)(F)CC(F)(F)F)C(F)(F)F. The van der Waals surface area contributed by atoms with E-state index in [1.807, 2.05) is 0 Å². The lowest BCUT2D eigenvalue weighted by molar-refractivity contribution is -0.416. The van der Waals surface area contributed by atoms with Crippen molar-refractivity contribution in [2.75, 3.05) is 0 Å². The van der Waals surface area contributed by atoms with Crippen molar-refractivity contribution in [2.24, 2.45) is 0 Å². The van der Waals surface area contributed by atoms with Gasteiger partial charge in [0.2, 0.25) is 0 Å². The Balaban J connectivity index is 4.72. The van der Waals surface area contributed by atoms with E-state index in [2.05, 4.69) is 4.74 Å². The predicted molar refractivity (Wildman–Crippen MR) is 32.3 cm³/mol. The number of ether oxygens (including phenoxy) is 1. The van der Waals surface area contributed by atoms with Gasteiger partial charge in [-0.05, 0) is 0 Å². The summed E-state index contributed by atoms with van der Waals surface area (Å²) in [6, 6.07) is 0. The summed E-state index contributed by atoms with van der Waals surface area (Å²) in [6.45, 7) is -0.447. The van der Waals surface area contributed by atoms with Crippen molar-refractivity contribution < 1.29 is 44.3 Å². The van der Waals surface area contributed by atoms with Crippen LogP contribution in [0.2, 0.25) is 0 Å². The summed E-state index contributed by atoms with van der Waals surface area (Å²) in [5.74, 6) is -4.86. The van der Waals surface area contributed by atoms with Crippen molar-refractivity contribution in [2.45, 2.75) is 37.7 Å². The van der Waals surface area contributed by atoms with Gasteiger partial charge < -0.3 is 0 Å². The van der Waals surface area contributed by atoms with Crippen LogP contribution >= 0.6 is 0 Å². The van der Waals surface area contributed by atoms with Crippen LogP contribution in [0.15, 0.2) is 0 Å². The molecule has 0 amide bonds. The van der Waals surface area contributed by atoms with Crippen molar-refractivity contribution >= 4 is 0 Å². The molecule has 1 unspecified atom stereocenters. The largest absolute Gasteiger partial charge is 0.448 e. The van der Waals surface area contributed by atoms with E-state index in [-0.39, 0.29) is 0 Å². The zero-order chi connectivity index (χ0) is 13.4. The van der Waals surface area contributed by atoms with Gasteiger partial charge in [-0.2, -0.15) is 35.1 Å². The van der Waals surface area contributed by atoms with Gasteiger partial charge >= 0.3 is 24.3 Å². The minimum Gasteiger partial charge on any atom is -0.274 e. The van der Waals surface area contributed by atoms with E-state index in [0.717, 1.165) is 0 Å². The van der Waals surface area contributed by atoms with Gasteiger partial charge in [-0.15, -0.1) is 0 Å². The van der Waals surface area contributed by atoms with Crippen LogP contribution in [0.4, 0.5) is 39.5 Å². The van der Waals surface area contributed by atoms with Gasteiger partial charge in [0.1, 0.15) is 6.42 Å². The fraction of sp³-hybridized carbons (Fsp3) is 1.00. The van der Waals surface area contributed by atoms with E-state index >= 15 is 0 Å². The Labute approximate surface area is 83.2 Å². The van der Waals surface area contributed by atoms with Gasteiger partial charge in [-0.25, -0.2) is 4.39 Å². The fourth-order valence-electron chi connectivity index (χ4n) is 0.608. The fourth-order valence-corrected chi connectivity index (χ4v) is 0.608. The molecule has 0 radical (unpaired) electrons. The highest BCUT2D eigenvalue weighted by atomic mass is 19.4. The highest BCUT2D eigenvalue weighted by Gasteiger charge is 2.60. The van der Waals surface area contributed by atoms with Crippen molar-refractivity contribution in [3.05, 3.63) is 0 Å². The van der Waals surface area contributed by atoms with Gasteiger partial charge in [0, 0.05) is 6.92 Å². The molecule has 0 aromatic heterocycles. The molecule has 0 spiro atoms. The molecule has 0 aliphatic rings. The summed E-state index contributed by atoms with van der Waals surface area (Å²) < 4.78 is 109. The topological polar surface area (TPSA) is 9.23 Å². The standard InChI is InChI=1S/C6H5F9O/c1-3(7,6(13,14)15)16-5(11,12)2-4(8,9)10/h2H2,1H3. The molecule has 0 aliphatic carbocycles. The molecule has 0 fully saturated rings. The van der Waals surface area contributed by atoms with Gasteiger partial charge in [0.25, 0.3) is 0 Å². The molecule has 98 valence electrons. The average molecular weight is 264 g/mol. The number of hydrogen-bond donors (Lipinski definition) is 0. The first kappa shape index (κ1) is 15.3. The maximum atomic E-state index is 12.5. The number of halogens is 9. The van der Waals surface area contributed by atoms with Crippen LogP contribution < -0.4 is 0 Å². The summed E-state index contributed by atoms with van der Waals surface area (Å²) in [6.07, 6.45) is -19.6. The van der Waals surface area contributed by atoms with E-state index in [1.54, 1.807) is 0 Å². The van der Waals surface area contributed by atoms with Crippen molar-refractivity contribution in [3.8, 4) is 0 Å². The number of alkyl halides is 9. The molecule has 16 heavy (non-hydrogen) atoms. The second-order valence-corrected chi connectivity index (χ2v) is 2.95. The van der Waals surface area contributed by atoms with Crippen LogP contribution in [0.3, 0.4) is 0 Å². The van der Waals surface area contributed by atoms with E-state index in [9.17, 15) is 39.5 Å². The quantitative estimate of drug-likeness (QED) is 0.704. The maximum absolute atomic E-state index is 12.5. The lowest BCUT2D eigenvalue weighted by Gasteiger charge is -2.28. The summed E-state index contributed by atoms with van der Waals surface area (Å²) >= 11 is 0. The molecule has 1 nitrogen and oxygen atoms in total. The summed E-state index contributed by atoms with van der Waals surface area (Å²) in [7, 11) is 0. The Kier molecular flexibility index (Phi) is 3.80. The molecule has 0 saturated carbocycles. The Morgan fingerprint density at radius 1 is 0.812 bits per heavy atom. The third kappa shape index (κ3) is 4.90. The molecule has 0 aliphatic heterocycles. The summed E-state index contributed by atoms with van der Waals surface area (Å²) in [5.41, 5.74) is 0. The minimum absolute atomic E-state index is 0.447. The highest BCUT2D eigenvalue weighted by molar-refractivity contribution is 4.74. The van der Waals surface area contributed by atoms with Crippen molar-refractivity contribution in [1.29, 1.82) is 0 Å². The van der Waals surface area contributed by atoms with E-state index in [0.29, 0.717) is 0 Å². The van der Waals surface area contributed by atoms with Crippen molar-refractivity contribution in [1.82, 2.24) is 0 Å². The van der Waals surface area contributed by atoms with E-state index < -0.39 is 37.7 Å². The molecule has 0 saturated heterocycles. The Bertz CT molecular complexity index is 237. The van der Waals surface area contributed by atoms with Gasteiger partial charge in [0.05, 0.1) is 0 Å². The first-order chi connectivity index (χ1) is 6.66. The molecule has 0 heterocycles. The predicted octanol–water partition coefficient (Wildman–Crippen LogP) is 3.80. The van der Waals surface area contributed by atoms with Gasteiger partial charge in [-0.3, -0.25) is 4.74 Å². The van der Waals surface area contributed by atoms with Crippen LogP contribution in [0.25, 0.3) is 0 Å². The Morgan fingerprint density at radius 2 is 1.19 bits per heavy atom. The highest BCUT2D eigenvalue weighted by Crippen LogP contribution is 2.42. The second-order valence-electron chi connectivity index (χ2n) is 2.95. The van der Waals surface area contributed by atoms with Crippen LogP contribution in [-0.4, -0.2) is 24.3 Å². The van der Waals surface area contributed by atoms with Crippen LogP contribution in [0.1, 0.15) is 13.3 Å².